The fraction of sp³-hybridized carbons (Fsp3) is 0.629. The Morgan fingerprint density at radius 2 is 1.83 bits per heavy atom. The number of amides is 3. The Hall–Kier alpha value is -3.80. The monoisotopic (exact) mass is 684 g/mol. The third-order valence-electron chi connectivity index (χ3n) is 10.2. The number of aliphatic carboxylic acids is 1. The van der Waals surface area contributed by atoms with E-state index in [-0.39, 0.29) is 37.3 Å². The fourth-order valence-electron chi connectivity index (χ4n) is 7.56. The molecule has 6 rings (SSSR count). The van der Waals surface area contributed by atoms with Crippen LogP contribution in [-0.2, 0) is 19.1 Å². The number of carboxylic acids is 1. The summed E-state index contributed by atoms with van der Waals surface area (Å²) in [5, 5.41) is 17.0. The van der Waals surface area contributed by atoms with Crippen LogP contribution < -0.4 is 20.1 Å². The molecule has 0 bridgehead atoms. The van der Waals surface area contributed by atoms with Crippen LogP contribution in [0.4, 0.5) is 4.79 Å². The summed E-state index contributed by atoms with van der Waals surface area (Å²) in [6, 6.07) is 5.58. The highest BCUT2D eigenvalue weighted by Crippen LogP contribution is 2.47. The van der Waals surface area contributed by atoms with Gasteiger partial charge in [-0.15, -0.1) is 0 Å². The van der Waals surface area contributed by atoms with Gasteiger partial charge in [-0.1, -0.05) is 43.4 Å². The third kappa shape index (κ3) is 7.58. The van der Waals surface area contributed by atoms with Gasteiger partial charge in [0.05, 0.1) is 23.7 Å². The number of carbonyl (C=O) groups is 4. The number of ether oxygens (including phenoxy) is 3. The highest BCUT2D eigenvalue weighted by molar-refractivity contribution is 6.35. The number of para-hydroxylation sites is 1. The van der Waals surface area contributed by atoms with Crippen molar-refractivity contribution in [2.45, 2.75) is 120 Å². The minimum absolute atomic E-state index is 0.0226. The van der Waals surface area contributed by atoms with Crippen LogP contribution in [0.5, 0.6) is 11.6 Å². The smallest absolute Gasteiger partial charge is 0.407 e. The Balaban J connectivity index is 1.25. The molecule has 2 saturated heterocycles. The number of carboxylic acid groups (broad SMARTS) is 1. The SMILES string of the molecule is CCOc1cc(O[C@@H]2C[C@H]3C(=O)N[C@]4(C(=O)O)C[C@@H]4CCCCCC[C@H](NC(=O)OC4CCCC4)CC(=O)N3C2)c2cccc(Cl)c2n1. The Bertz CT molecular complexity index is 1530. The number of carbonyl (C=O) groups excluding carboxylic acids is 3. The van der Waals surface area contributed by atoms with Gasteiger partial charge in [0.25, 0.3) is 0 Å². The fourth-order valence-corrected chi connectivity index (χ4v) is 7.78. The van der Waals surface area contributed by atoms with Gasteiger partial charge in [0, 0.05) is 30.3 Å². The summed E-state index contributed by atoms with van der Waals surface area (Å²) in [7, 11) is 0. The van der Waals surface area contributed by atoms with Crippen LogP contribution in [0.3, 0.4) is 0 Å². The molecule has 0 unspecified atom stereocenters. The van der Waals surface area contributed by atoms with Crippen molar-refractivity contribution in [3.8, 4) is 11.6 Å². The summed E-state index contributed by atoms with van der Waals surface area (Å²) >= 11 is 6.47. The van der Waals surface area contributed by atoms with Crippen molar-refractivity contribution in [3.63, 3.8) is 0 Å². The first-order valence-electron chi connectivity index (χ1n) is 17.4. The second-order valence-electron chi connectivity index (χ2n) is 13.6. The van der Waals surface area contributed by atoms with Crippen LogP contribution in [0.1, 0.15) is 90.4 Å². The molecule has 48 heavy (non-hydrogen) atoms. The number of hydrogen-bond donors (Lipinski definition) is 3. The molecular formula is C35H45ClN4O8. The van der Waals surface area contributed by atoms with Crippen LogP contribution in [0.2, 0.25) is 5.02 Å². The number of halogens is 1. The molecule has 2 aliphatic heterocycles. The van der Waals surface area contributed by atoms with E-state index in [9.17, 15) is 24.3 Å². The van der Waals surface area contributed by atoms with Crippen molar-refractivity contribution in [2.24, 2.45) is 5.92 Å². The lowest BCUT2D eigenvalue weighted by molar-refractivity contribution is -0.145. The Morgan fingerprint density at radius 1 is 1.08 bits per heavy atom. The lowest BCUT2D eigenvalue weighted by Gasteiger charge is -2.27. The summed E-state index contributed by atoms with van der Waals surface area (Å²) in [5.41, 5.74) is -0.827. The maximum atomic E-state index is 14.0. The van der Waals surface area contributed by atoms with Gasteiger partial charge < -0.3 is 34.9 Å². The molecule has 1 aromatic heterocycles. The van der Waals surface area contributed by atoms with E-state index in [4.69, 9.17) is 25.8 Å². The number of nitrogens with one attached hydrogen (secondary N) is 2. The largest absolute Gasteiger partial charge is 0.488 e. The number of benzene rings is 1. The Labute approximate surface area is 285 Å². The molecule has 1 aromatic carbocycles. The van der Waals surface area contributed by atoms with Crippen LogP contribution in [0.25, 0.3) is 10.9 Å². The molecule has 0 spiro atoms. The Morgan fingerprint density at radius 3 is 2.58 bits per heavy atom. The zero-order chi connectivity index (χ0) is 33.8. The minimum Gasteiger partial charge on any atom is -0.488 e. The molecule has 2 aliphatic carbocycles. The van der Waals surface area contributed by atoms with Gasteiger partial charge >= 0.3 is 12.1 Å². The molecule has 2 aromatic rings. The molecule has 3 N–H and O–H groups in total. The first kappa shape index (κ1) is 34.1. The van der Waals surface area contributed by atoms with Crippen molar-refractivity contribution < 1.29 is 38.5 Å². The molecule has 4 aliphatic rings. The van der Waals surface area contributed by atoms with Gasteiger partial charge in [0.2, 0.25) is 17.7 Å². The van der Waals surface area contributed by atoms with Crippen LogP contribution in [-0.4, -0.2) is 81.8 Å². The van der Waals surface area contributed by atoms with Crippen molar-refractivity contribution in [1.29, 1.82) is 0 Å². The molecule has 3 amide bonds. The molecule has 2 saturated carbocycles. The number of fused-ring (bicyclic) bond motifs is 3. The van der Waals surface area contributed by atoms with E-state index < -0.39 is 41.7 Å². The maximum Gasteiger partial charge on any atom is 0.407 e. The van der Waals surface area contributed by atoms with E-state index in [0.717, 1.165) is 51.4 Å². The quantitative estimate of drug-likeness (QED) is 0.349. The number of pyridine rings is 1. The number of aromatic nitrogens is 1. The predicted molar refractivity (Wildman–Crippen MR) is 177 cm³/mol. The molecule has 5 atom stereocenters. The second-order valence-corrected chi connectivity index (χ2v) is 14.0. The standard InChI is InChI=1S/C35H45ClN4O8/c1-2-46-29-18-28(25-14-9-15-26(36)31(25)38-29)47-24-17-27-32(42)39-35(33(43)44)19-21(35)10-5-3-4-6-11-22(16-30(41)40(27)20-24)37-34(45)48-23-12-7-8-13-23/h9,14-15,18,21-24,27H,2-8,10-13,16-17,19-20H2,1H3,(H,37,45)(H,39,42)(H,43,44)/t21-,22-,24+,27-,35+/m0/s1. The zero-order valence-corrected chi connectivity index (χ0v) is 28.1. The number of alkyl carbamates (subject to hydrolysis) is 1. The molecule has 4 fully saturated rings. The van der Waals surface area contributed by atoms with E-state index >= 15 is 0 Å². The molecule has 12 nitrogen and oxygen atoms in total. The average Bonchev–Trinajstić information content (AvgIpc) is 3.33. The first-order chi connectivity index (χ1) is 23.2. The molecule has 260 valence electrons. The van der Waals surface area contributed by atoms with Crippen LogP contribution in [0, 0.1) is 5.92 Å². The lowest BCUT2D eigenvalue weighted by atomic mass is 10.0. The van der Waals surface area contributed by atoms with E-state index in [1.807, 2.05) is 13.0 Å². The molecule has 3 heterocycles. The summed E-state index contributed by atoms with van der Waals surface area (Å²) in [6.45, 7) is 2.32. The molecule has 13 heteroatoms. The van der Waals surface area contributed by atoms with E-state index in [1.54, 1.807) is 18.2 Å². The second kappa shape index (κ2) is 14.8. The first-order valence-corrected chi connectivity index (χ1v) is 17.8. The number of rotatable bonds is 7. The van der Waals surface area contributed by atoms with Crippen molar-refractivity contribution >= 4 is 46.4 Å². The third-order valence-corrected chi connectivity index (χ3v) is 10.5. The highest BCUT2D eigenvalue weighted by atomic mass is 35.5. The maximum absolute atomic E-state index is 14.0. The van der Waals surface area contributed by atoms with Crippen LogP contribution >= 0.6 is 11.6 Å². The number of hydrogen-bond acceptors (Lipinski definition) is 8. The summed E-state index contributed by atoms with van der Waals surface area (Å²) in [6.07, 6.45) is 7.71. The van der Waals surface area contributed by atoms with Gasteiger partial charge in [0.15, 0.2) is 0 Å². The minimum atomic E-state index is -1.33. The summed E-state index contributed by atoms with van der Waals surface area (Å²) < 4.78 is 17.8. The predicted octanol–water partition coefficient (Wildman–Crippen LogP) is 5.38. The van der Waals surface area contributed by atoms with Gasteiger partial charge in [-0.05, 0) is 69.9 Å². The summed E-state index contributed by atoms with van der Waals surface area (Å²) in [5.74, 6) is -1.27. The topological polar surface area (TPSA) is 156 Å². The molecule has 0 radical (unpaired) electrons. The average molecular weight is 685 g/mol. The number of nitrogens with zero attached hydrogens (tertiary/aromatic N) is 2. The van der Waals surface area contributed by atoms with E-state index in [0.29, 0.717) is 53.4 Å². The Kier molecular flexibility index (Phi) is 10.5. The normalized spacial score (nSPS) is 28.4. The highest BCUT2D eigenvalue weighted by Gasteiger charge is 2.62. The van der Waals surface area contributed by atoms with E-state index in [1.165, 1.54) is 4.90 Å². The van der Waals surface area contributed by atoms with Gasteiger partial charge in [-0.25, -0.2) is 14.6 Å². The van der Waals surface area contributed by atoms with Gasteiger partial charge in [-0.2, -0.15) is 0 Å². The lowest BCUT2D eigenvalue weighted by Crippen LogP contribution is -2.53. The van der Waals surface area contributed by atoms with Gasteiger partial charge in [0.1, 0.15) is 29.5 Å². The van der Waals surface area contributed by atoms with E-state index in [2.05, 4.69) is 15.6 Å². The van der Waals surface area contributed by atoms with Crippen molar-refractivity contribution in [2.75, 3.05) is 13.2 Å². The van der Waals surface area contributed by atoms with Gasteiger partial charge in [-0.3, -0.25) is 9.59 Å². The molecular weight excluding hydrogens is 640 g/mol. The zero-order valence-electron chi connectivity index (χ0n) is 27.4. The van der Waals surface area contributed by atoms with Crippen LogP contribution in [0.15, 0.2) is 24.3 Å². The summed E-state index contributed by atoms with van der Waals surface area (Å²) in [4.78, 5) is 59.2. The van der Waals surface area contributed by atoms with Crippen molar-refractivity contribution in [1.82, 2.24) is 20.5 Å². The van der Waals surface area contributed by atoms with Crippen molar-refractivity contribution in [3.05, 3.63) is 29.3 Å².